The first kappa shape index (κ1) is 33.6. The Balaban J connectivity index is 0.00000392. The fourth-order valence-electron chi connectivity index (χ4n) is 6.62. The molecule has 0 atom stereocenters. The third-order valence-electron chi connectivity index (χ3n) is 9.14. The molecule has 0 saturated heterocycles. The fraction of sp³-hybridized carbons (Fsp3) is 0.186. The molecule has 6 nitrogen and oxygen atoms in total. The first-order valence-corrected chi connectivity index (χ1v) is 16.8. The van der Waals surface area contributed by atoms with Crippen LogP contribution in [0, 0.1) is 25.7 Å². The molecule has 0 radical (unpaired) electrons. The number of aromatic nitrogens is 3. The number of nitrogens with zero attached hydrogens (tertiary/aromatic N) is 5. The van der Waals surface area contributed by atoms with Crippen LogP contribution < -0.4 is 14.5 Å². The summed E-state index contributed by atoms with van der Waals surface area (Å²) in [7, 11) is 0. The van der Waals surface area contributed by atoms with E-state index in [-0.39, 0.29) is 26.5 Å². The quantitative estimate of drug-likeness (QED) is 0.156. The topological polar surface area (TPSA) is 46.4 Å². The minimum absolute atomic E-state index is 0. The Morgan fingerprint density at radius 2 is 1.50 bits per heavy atom. The maximum atomic E-state index is 6.50. The number of hydrogen-bond acceptors (Lipinski definition) is 5. The van der Waals surface area contributed by atoms with Gasteiger partial charge in [0.1, 0.15) is 11.6 Å². The summed E-state index contributed by atoms with van der Waals surface area (Å²) in [5.74, 6) is 3.32. The number of pyridine rings is 2. The van der Waals surface area contributed by atoms with Gasteiger partial charge in [-0.1, -0.05) is 76.5 Å². The van der Waals surface area contributed by atoms with Crippen molar-refractivity contribution in [3.05, 3.63) is 145 Å². The zero-order valence-electron chi connectivity index (χ0n) is 29.0. The van der Waals surface area contributed by atoms with Crippen LogP contribution in [0.25, 0.3) is 27.6 Å². The van der Waals surface area contributed by atoms with Crippen molar-refractivity contribution in [2.24, 2.45) is 0 Å². The van der Waals surface area contributed by atoms with Crippen molar-refractivity contribution < 1.29 is 25.8 Å². The Labute approximate surface area is 308 Å². The largest absolute Gasteiger partial charge is 0.509 e. The number of benzene rings is 4. The molecule has 8 rings (SSSR count). The van der Waals surface area contributed by atoms with E-state index in [1.807, 2.05) is 36.7 Å². The van der Waals surface area contributed by atoms with Crippen LogP contribution in [-0.4, -0.2) is 14.5 Å². The Kier molecular flexibility index (Phi) is 8.78. The third kappa shape index (κ3) is 5.96. The van der Waals surface area contributed by atoms with E-state index in [0.29, 0.717) is 17.4 Å². The molecule has 0 aliphatic carbocycles. The van der Waals surface area contributed by atoms with Gasteiger partial charge in [0.05, 0.1) is 0 Å². The number of ether oxygens (including phenoxy) is 1. The zero-order valence-corrected chi connectivity index (χ0v) is 31.3. The average Bonchev–Trinajstić information content (AvgIpc) is 3.64. The Hall–Kier alpha value is -4.93. The molecule has 4 aromatic carbocycles. The molecule has 0 N–H and O–H groups in total. The summed E-state index contributed by atoms with van der Waals surface area (Å²) in [6.45, 7) is 15.3. The molecular formula is C43H38N5OPt-3. The fourth-order valence-corrected chi connectivity index (χ4v) is 6.62. The molecule has 254 valence electrons. The van der Waals surface area contributed by atoms with E-state index in [9.17, 15) is 0 Å². The van der Waals surface area contributed by atoms with Gasteiger partial charge in [-0.05, 0) is 70.7 Å². The van der Waals surface area contributed by atoms with Gasteiger partial charge in [0.15, 0.2) is 0 Å². The molecule has 0 saturated carbocycles. The smallest absolute Gasteiger partial charge is 0.135 e. The summed E-state index contributed by atoms with van der Waals surface area (Å²) in [4.78, 5) is 14.0. The van der Waals surface area contributed by atoms with Crippen molar-refractivity contribution in [1.82, 2.24) is 14.5 Å². The molecule has 0 amide bonds. The minimum atomic E-state index is -0.00698. The SMILES string of the molecule is Cc1cnc(N2[CH-]N(c3[c-]c(Oc4[c-]c5c(cc4)c4ccccc4n5-c4cc(C(C)(C)C)ccn4)ccc3)c3ccccc32)c(C(C)C)c1.[Pt]. The summed E-state index contributed by atoms with van der Waals surface area (Å²) in [6.07, 6.45) is 3.83. The van der Waals surface area contributed by atoms with Gasteiger partial charge < -0.3 is 19.1 Å². The van der Waals surface area contributed by atoms with Crippen molar-refractivity contribution in [3.8, 4) is 17.3 Å². The Morgan fingerprint density at radius 1 is 0.760 bits per heavy atom. The van der Waals surface area contributed by atoms with Crippen LogP contribution in [-0.2, 0) is 26.5 Å². The molecule has 0 spiro atoms. The van der Waals surface area contributed by atoms with Crippen LogP contribution in [0.1, 0.15) is 57.2 Å². The molecule has 0 fully saturated rings. The van der Waals surface area contributed by atoms with Gasteiger partial charge in [0.2, 0.25) is 0 Å². The Morgan fingerprint density at radius 3 is 2.28 bits per heavy atom. The predicted octanol–water partition coefficient (Wildman–Crippen LogP) is 11.1. The van der Waals surface area contributed by atoms with Crippen molar-refractivity contribution in [1.29, 1.82) is 0 Å². The van der Waals surface area contributed by atoms with Crippen LogP contribution in [0.3, 0.4) is 0 Å². The second kappa shape index (κ2) is 13.1. The Bertz CT molecular complexity index is 2350. The standard InChI is InChI=1S/C43H38N5O.Pt/c1-28(2)36-22-29(3)26-45-42(36)47-27-46(38-16-9-10-17-39(38)47)31-12-11-13-32(24-31)49-33-18-19-35-34-14-7-8-15-37(34)48(40(35)25-33)41-23-30(20-21-44-41)43(4,5)6;/h7-23,26-28H,1-6H3;/q-3;. The minimum Gasteiger partial charge on any atom is -0.509 e. The van der Waals surface area contributed by atoms with E-state index >= 15 is 0 Å². The van der Waals surface area contributed by atoms with Crippen LogP contribution in [0.5, 0.6) is 11.5 Å². The number of para-hydroxylation sites is 3. The van der Waals surface area contributed by atoms with Gasteiger partial charge in [-0.15, -0.1) is 48.1 Å². The third-order valence-corrected chi connectivity index (χ3v) is 9.14. The molecule has 7 heteroatoms. The first-order chi connectivity index (χ1) is 23.7. The second-order valence-electron chi connectivity index (χ2n) is 14.0. The van der Waals surface area contributed by atoms with E-state index in [4.69, 9.17) is 14.7 Å². The number of fused-ring (bicyclic) bond motifs is 4. The van der Waals surface area contributed by atoms with Crippen molar-refractivity contribution in [2.75, 3.05) is 9.80 Å². The maximum Gasteiger partial charge on any atom is 0.135 e. The van der Waals surface area contributed by atoms with Crippen molar-refractivity contribution >= 4 is 44.7 Å². The van der Waals surface area contributed by atoms with Gasteiger partial charge in [0.25, 0.3) is 0 Å². The van der Waals surface area contributed by atoms with Gasteiger partial charge in [0, 0.05) is 61.8 Å². The summed E-state index contributed by atoms with van der Waals surface area (Å²) in [6, 6.07) is 40.5. The normalized spacial score (nSPS) is 12.9. The maximum absolute atomic E-state index is 6.50. The van der Waals surface area contributed by atoms with Crippen LogP contribution in [0.15, 0.2) is 109 Å². The van der Waals surface area contributed by atoms with Gasteiger partial charge in [-0.3, -0.25) is 0 Å². The molecule has 4 heterocycles. The molecule has 1 aliphatic heterocycles. The van der Waals surface area contributed by atoms with E-state index in [1.165, 1.54) is 11.1 Å². The van der Waals surface area contributed by atoms with E-state index < -0.39 is 0 Å². The summed E-state index contributed by atoms with van der Waals surface area (Å²) >= 11 is 0. The van der Waals surface area contributed by atoms with E-state index in [1.54, 1.807) is 0 Å². The molecule has 0 bridgehead atoms. The van der Waals surface area contributed by atoms with Crippen LogP contribution >= 0.6 is 0 Å². The summed E-state index contributed by atoms with van der Waals surface area (Å²) in [5.41, 5.74) is 8.55. The first-order valence-electron chi connectivity index (χ1n) is 16.8. The van der Waals surface area contributed by atoms with Gasteiger partial charge >= 0.3 is 0 Å². The van der Waals surface area contributed by atoms with Crippen molar-refractivity contribution in [2.45, 2.75) is 52.9 Å². The van der Waals surface area contributed by atoms with Crippen LogP contribution in [0.4, 0.5) is 22.9 Å². The predicted molar refractivity (Wildman–Crippen MR) is 200 cm³/mol. The van der Waals surface area contributed by atoms with E-state index in [0.717, 1.165) is 56.1 Å². The van der Waals surface area contributed by atoms with Gasteiger partial charge in [-0.2, -0.15) is 12.1 Å². The number of rotatable bonds is 6. The zero-order chi connectivity index (χ0) is 33.9. The monoisotopic (exact) mass is 835 g/mol. The van der Waals surface area contributed by atoms with Crippen molar-refractivity contribution in [3.63, 3.8) is 0 Å². The average molecular weight is 836 g/mol. The molecule has 50 heavy (non-hydrogen) atoms. The summed E-state index contributed by atoms with van der Waals surface area (Å²) in [5, 5.41) is 2.24. The molecule has 7 aromatic rings. The number of hydrogen-bond donors (Lipinski definition) is 0. The molecule has 0 unspecified atom stereocenters. The molecular weight excluding hydrogens is 798 g/mol. The van der Waals surface area contributed by atoms with E-state index in [2.05, 4.69) is 148 Å². The number of aryl methyl sites for hydroxylation is 1. The van der Waals surface area contributed by atoms with Gasteiger partial charge in [-0.25, -0.2) is 9.97 Å². The van der Waals surface area contributed by atoms with Crippen LogP contribution in [0.2, 0.25) is 0 Å². The molecule has 1 aliphatic rings. The number of anilines is 4. The molecule has 3 aromatic heterocycles. The second-order valence-corrected chi connectivity index (χ2v) is 14.0. The summed E-state index contributed by atoms with van der Waals surface area (Å²) < 4.78 is 8.69.